The zero-order valence-corrected chi connectivity index (χ0v) is 12.5. The van der Waals surface area contributed by atoms with E-state index >= 15 is 0 Å². The Morgan fingerprint density at radius 1 is 1.50 bits per heavy atom. The van der Waals surface area contributed by atoms with Gasteiger partial charge in [0.15, 0.2) is 0 Å². The lowest BCUT2D eigenvalue weighted by molar-refractivity contribution is 0.100. The molecule has 1 rings (SSSR count). The van der Waals surface area contributed by atoms with Gasteiger partial charge in [0.2, 0.25) is 0 Å². The molecule has 0 aliphatic rings. The van der Waals surface area contributed by atoms with E-state index in [9.17, 15) is 0 Å². The van der Waals surface area contributed by atoms with Crippen molar-refractivity contribution in [2.45, 2.75) is 38.8 Å². The van der Waals surface area contributed by atoms with Crippen LogP contribution in [0.25, 0.3) is 0 Å². The summed E-state index contributed by atoms with van der Waals surface area (Å²) in [6, 6.07) is 0.385. The maximum atomic E-state index is 5.35. The van der Waals surface area contributed by atoms with Gasteiger partial charge in [-0.1, -0.05) is 6.92 Å². The number of ether oxygens (including phenoxy) is 1. The van der Waals surface area contributed by atoms with Crippen LogP contribution in [0.5, 0.6) is 0 Å². The minimum atomic E-state index is 0.279. The number of hydrogen-bond donors (Lipinski definition) is 1. The minimum absolute atomic E-state index is 0.279. The van der Waals surface area contributed by atoms with E-state index in [2.05, 4.69) is 45.9 Å². The first-order valence-electron chi connectivity index (χ1n) is 5.66. The molecule has 2 nitrogen and oxygen atoms in total. The molecule has 0 spiro atoms. The van der Waals surface area contributed by atoms with E-state index in [1.807, 2.05) is 0 Å². The largest absolute Gasteiger partial charge is 0.382 e. The van der Waals surface area contributed by atoms with Crippen LogP contribution in [-0.2, 0) is 4.74 Å². The van der Waals surface area contributed by atoms with Gasteiger partial charge >= 0.3 is 0 Å². The van der Waals surface area contributed by atoms with E-state index in [0.29, 0.717) is 6.04 Å². The molecule has 1 N–H and O–H groups in total. The summed E-state index contributed by atoms with van der Waals surface area (Å²) in [4.78, 5) is 0. The summed E-state index contributed by atoms with van der Waals surface area (Å²) in [5, 5.41) is 7.92. The Labute approximate surface area is 111 Å². The molecule has 0 bridgehead atoms. The summed E-state index contributed by atoms with van der Waals surface area (Å²) in [5.41, 5.74) is 1.35. The van der Waals surface area contributed by atoms with Crippen LogP contribution in [0.3, 0.4) is 0 Å². The van der Waals surface area contributed by atoms with Crippen molar-refractivity contribution < 1.29 is 4.74 Å². The number of rotatable bonds is 7. The monoisotopic (exact) mass is 305 g/mol. The molecule has 1 heterocycles. The third kappa shape index (κ3) is 4.17. The van der Waals surface area contributed by atoms with Crippen LogP contribution < -0.4 is 5.32 Å². The maximum absolute atomic E-state index is 5.35. The molecule has 0 amide bonds. The molecule has 4 heteroatoms. The molecule has 0 saturated heterocycles. The van der Waals surface area contributed by atoms with Crippen LogP contribution in [0.4, 0.5) is 0 Å². The van der Waals surface area contributed by atoms with Gasteiger partial charge in [0.25, 0.3) is 0 Å². The Kier molecular flexibility index (Phi) is 6.58. The van der Waals surface area contributed by atoms with Crippen molar-refractivity contribution in [3.8, 4) is 0 Å². The Morgan fingerprint density at radius 3 is 2.75 bits per heavy atom. The highest BCUT2D eigenvalue weighted by atomic mass is 79.9. The maximum Gasteiger partial charge on any atom is 0.0561 e. The molecular formula is C12H20BrNOS. The second-order valence-electron chi connectivity index (χ2n) is 3.96. The fraction of sp³-hybridized carbons (Fsp3) is 0.667. The summed E-state index contributed by atoms with van der Waals surface area (Å²) in [6.07, 6.45) is 2.44. The molecule has 0 radical (unpaired) electrons. The molecule has 0 fully saturated rings. The average Bonchev–Trinajstić information content (AvgIpc) is 2.70. The van der Waals surface area contributed by atoms with E-state index in [1.165, 1.54) is 10.0 Å². The zero-order valence-electron chi connectivity index (χ0n) is 10.1. The lowest BCUT2D eigenvalue weighted by atomic mass is 10.0. The molecule has 1 aromatic rings. The van der Waals surface area contributed by atoms with Crippen LogP contribution in [0.2, 0.25) is 0 Å². The number of hydrogen-bond acceptors (Lipinski definition) is 3. The van der Waals surface area contributed by atoms with Crippen LogP contribution in [0.15, 0.2) is 15.2 Å². The normalized spacial score (nSPS) is 15.0. The molecule has 0 saturated carbocycles. The van der Waals surface area contributed by atoms with Gasteiger partial charge in [0, 0.05) is 23.0 Å². The highest BCUT2D eigenvalue weighted by Gasteiger charge is 2.17. The van der Waals surface area contributed by atoms with E-state index in [0.717, 1.165) is 19.4 Å². The van der Waals surface area contributed by atoms with Crippen LogP contribution in [0.1, 0.15) is 38.3 Å². The van der Waals surface area contributed by atoms with Crippen molar-refractivity contribution >= 4 is 27.3 Å². The summed E-state index contributed by atoms with van der Waals surface area (Å²) in [6.45, 7) is 5.34. The molecule has 0 aromatic carbocycles. The molecule has 2 unspecified atom stereocenters. The SMILES string of the molecule is CCCNC(CC(C)OC)c1cscc1Br. The molecule has 16 heavy (non-hydrogen) atoms. The summed E-state index contributed by atoms with van der Waals surface area (Å²) >= 11 is 5.34. The third-order valence-electron chi connectivity index (χ3n) is 2.63. The lowest BCUT2D eigenvalue weighted by Crippen LogP contribution is -2.25. The van der Waals surface area contributed by atoms with Crippen LogP contribution in [-0.4, -0.2) is 19.8 Å². The molecular weight excluding hydrogens is 286 g/mol. The molecule has 0 aliphatic heterocycles. The topological polar surface area (TPSA) is 21.3 Å². The first-order valence-corrected chi connectivity index (χ1v) is 7.40. The number of thiophene rings is 1. The van der Waals surface area contributed by atoms with E-state index < -0.39 is 0 Å². The van der Waals surface area contributed by atoms with Gasteiger partial charge in [0.05, 0.1) is 6.10 Å². The third-order valence-corrected chi connectivity index (χ3v) is 4.38. The molecule has 2 atom stereocenters. The van der Waals surface area contributed by atoms with Crippen molar-refractivity contribution in [1.29, 1.82) is 0 Å². The average molecular weight is 306 g/mol. The van der Waals surface area contributed by atoms with E-state index in [-0.39, 0.29) is 6.10 Å². The van der Waals surface area contributed by atoms with Crippen molar-refractivity contribution in [2.75, 3.05) is 13.7 Å². The van der Waals surface area contributed by atoms with Gasteiger partial charge in [0.1, 0.15) is 0 Å². The molecule has 0 aliphatic carbocycles. The van der Waals surface area contributed by atoms with Crippen molar-refractivity contribution in [3.63, 3.8) is 0 Å². The predicted octanol–water partition coefficient (Wildman–Crippen LogP) is 3.98. The van der Waals surface area contributed by atoms with Gasteiger partial charge in [-0.3, -0.25) is 0 Å². The highest BCUT2D eigenvalue weighted by Crippen LogP contribution is 2.30. The number of methoxy groups -OCH3 is 1. The fourth-order valence-electron chi connectivity index (χ4n) is 1.61. The van der Waals surface area contributed by atoms with Gasteiger partial charge in [-0.05, 0) is 53.2 Å². The standard InChI is InChI=1S/C12H20BrNOS/c1-4-5-14-12(6-9(2)15-3)10-7-16-8-11(10)13/h7-9,12,14H,4-6H2,1-3H3. The lowest BCUT2D eigenvalue weighted by Gasteiger charge is -2.21. The molecule has 92 valence electrons. The Bertz CT molecular complexity index is 303. The van der Waals surface area contributed by atoms with Gasteiger partial charge in [-0.2, -0.15) is 11.3 Å². The van der Waals surface area contributed by atoms with Crippen molar-refractivity contribution in [1.82, 2.24) is 5.32 Å². The second kappa shape index (κ2) is 7.43. The fourth-order valence-corrected chi connectivity index (χ4v) is 3.23. The second-order valence-corrected chi connectivity index (χ2v) is 5.56. The predicted molar refractivity (Wildman–Crippen MR) is 74.1 cm³/mol. The van der Waals surface area contributed by atoms with Gasteiger partial charge in [-0.15, -0.1) is 0 Å². The highest BCUT2D eigenvalue weighted by molar-refractivity contribution is 9.10. The van der Waals surface area contributed by atoms with Crippen LogP contribution in [0, 0.1) is 0 Å². The summed E-state index contributed by atoms with van der Waals surface area (Å²) in [5.74, 6) is 0. The van der Waals surface area contributed by atoms with Crippen molar-refractivity contribution in [2.24, 2.45) is 0 Å². The molecule has 1 aromatic heterocycles. The first-order chi connectivity index (χ1) is 7.69. The summed E-state index contributed by atoms with van der Waals surface area (Å²) in [7, 11) is 1.77. The number of nitrogens with one attached hydrogen (secondary N) is 1. The first kappa shape index (κ1) is 14.2. The quantitative estimate of drug-likeness (QED) is 0.823. The van der Waals surface area contributed by atoms with Gasteiger partial charge < -0.3 is 10.1 Å². The van der Waals surface area contributed by atoms with E-state index in [4.69, 9.17) is 4.74 Å². The Morgan fingerprint density at radius 2 is 2.25 bits per heavy atom. The van der Waals surface area contributed by atoms with Crippen LogP contribution >= 0.6 is 27.3 Å². The number of halogens is 1. The smallest absolute Gasteiger partial charge is 0.0561 e. The Hall–Kier alpha value is 0.100. The van der Waals surface area contributed by atoms with E-state index in [1.54, 1.807) is 18.4 Å². The Balaban J connectivity index is 2.67. The van der Waals surface area contributed by atoms with Gasteiger partial charge in [-0.25, -0.2) is 0 Å². The van der Waals surface area contributed by atoms with Crippen molar-refractivity contribution in [3.05, 3.63) is 20.8 Å². The minimum Gasteiger partial charge on any atom is -0.382 e. The summed E-state index contributed by atoms with van der Waals surface area (Å²) < 4.78 is 6.55. The zero-order chi connectivity index (χ0) is 12.0.